The molecule has 0 unspecified atom stereocenters. The van der Waals surface area contributed by atoms with Gasteiger partial charge in [-0.3, -0.25) is 19.9 Å². The molecule has 0 saturated heterocycles. The highest BCUT2D eigenvalue weighted by atomic mass is 32.2. The molecule has 2 N–H and O–H groups in total. The molecule has 0 rings (SSSR count). The Morgan fingerprint density at radius 3 is 2.11 bits per heavy atom. The average molecular weight is 295 g/mol. The Morgan fingerprint density at radius 2 is 1.68 bits per heavy atom. The quantitative estimate of drug-likeness (QED) is 0.601. The molecule has 0 aliphatic rings. The summed E-state index contributed by atoms with van der Waals surface area (Å²) in [6.07, 6.45) is 0. The van der Waals surface area contributed by atoms with Crippen LogP contribution in [0.1, 0.15) is 20.8 Å². The second-order valence-electron chi connectivity index (χ2n) is 4.09. The van der Waals surface area contributed by atoms with Crippen LogP contribution in [0.3, 0.4) is 0 Å². The van der Waals surface area contributed by atoms with E-state index < -0.39 is 33.7 Å². The fourth-order valence-electron chi connectivity index (χ4n) is 1.17. The van der Waals surface area contributed by atoms with E-state index >= 15 is 0 Å². The maximum atomic E-state index is 11.8. The lowest BCUT2D eigenvalue weighted by Crippen LogP contribution is -2.48. The first-order chi connectivity index (χ1) is 8.67. The molecule has 0 aliphatic heterocycles. The van der Waals surface area contributed by atoms with Crippen molar-refractivity contribution < 1.29 is 22.8 Å². The minimum absolute atomic E-state index is 0.127. The summed E-state index contributed by atoms with van der Waals surface area (Å²) in [5, 5.41) is 0. The van der Waals surface area contributed by atoms with Crippen LogP contribution >= 0.6 is 0 Å². The maximum absolute atomic E-state index is 11.8. The van der Waals surface area contributed by atoms with E-state index in [2.05, 4.69) is 15.7 Å². The fraction of sp³-hybridized carbons (Fsp3) is 0.800. The number of hydrogen-bond donors (Lipinski definition) is 2. The summed E-state index contributed by atoms with van der Waals surface area (Å²) in [5.74, 6) is -2.50. The van der Waals surface area contributed by atoms with Crippen molar-refractivity contribution in [2.24, 2.45) is 11.8 Å². The van der Waals surface area contributed by atoms with Crippen LogP contribution in [0.2, 0.25) is 0 Å². The second-order valence-corrected chi connectivity index (χ2v) is 6.38. The van der Waals surface area contributed by atoms with Crippen molar-refractivity contribution in [2.45, 2.75) is 20.8 Å². The van der Waals surface area contributed by atoms with Crippen molar-refractivity contribution in [1.82, 2.24) is 15.3 Å². The molecule has 0 saturated carbocycles. The largest absolute Gasteiger partial charge is 0.277 e. The molecule has 0 aromatic heterocycles. The summed E-state index contributed by atoms with van der Waals surface area (Å²) in [6, 6.07) is 0. The lowest BCUT2D eigenvalue weighted by molar-refractivity contribution is -0.141. The summed E-state index contributed by atoms with van der Waals surface area (Å²) in [7, 11) is -0.979. The van der Waals surface area contributed by atoms with Crippen LogP contribution in [-0.2, 0) is 24.4 Å². The zero-order chi connectivity index (χ0) is 15.2. The van der Waals surface area contributed by atoms with Gasteiger partial charge >= 0.3 is 0 Å². The van der Waals surface area contributed by atoms with Crippen molar-refractivity contribution >= 4 is 21.8 Å². The second kappa shape index (κ2) is 7.41. The van der Waals surface area contributed by atoms with E-state index in [0.29, 0.717) is 0 Å². The molecule has 0 radical (unpaired) electrons. The van der Waals surface area contributed by atoms with Gasteiger partial charge in [0.05, 0.1) is 12.9 Å². The van der Waals surface area contributed by atoms with Gasteiger partial charge in [-0.15, -0.1) is 4.41 Å². The molecule has 9 heteroatoms. The number of nitrogens with zero attached hydrogens (tertiary/aromatic N) is 1. The number of sulfonamides is 1. The van der Waals surface area contributed by atoms with E-state index in [1.807, 2.05) is 0 Å². The third kappa shape index (κ3) is 5.13. The summed E-state index contributed by atoms with van der Waals surface area (Å²) in [5.41, 5.74) is 4.36. The highest BCUT2D eigenvalue weighted by Crippen LogP contribution is 2.11. The van der Waals surface area contributed by atoms with E-state index in [1.165, 1.54) is 28.0 Å². The lowest BCUT2D eigenvalue weighted by Gasteiger charge is -2.22. The van der Waals surface area contributed by atoms with Crippen LogP contribution in [0.5, 0.6) is 0 Å². The SMILES string of the molecule is CCS(=O)(=O)N(C)NC(=O)[C@H](C)[C@H](C)C(=O)NOC. The summed E-state index contributed by atoms with van der Waals surface area (Å²) >= 11 is 0. The van der Waals surface area contributed by atoms with Gasteiger partial charge in [-0.2, -0.15) is 0 Å². The number of carbonyl (C=O) groups excluding carboxylic acids is 2. The normalized spacial score (nSPS) is 14.8. The predicted octanol–water partition coefficient (Wildman–Crippen LogP) is -0.751. The number of carbonyl (C=O) groups is 2. The zero-order valence-corrected chi connectivity index (χ0v) is 12.6. The van der Waals surface area contributed by atoms with Gasteiger partial charge in [0.15, 0.2) is 0 Å². The first-order valence-corrected chi connectivity index (χ1v) is 7.38. The number of hydroxylamine groups is 1. The molecule has 0 aliphatic carbocycles. The van der Waals surface area contributed by atoms with Gasteiger partial charge in [0.1, 0.15) is 0 Å². The van der Waals surface area contributed by atoms with Gasteiger partial charge in [0.25, 0.3) is 0 Å². The van der Waals surface area contributed by atoms with Crippen molar-refractivity contribution in [2.75, 3.05) is 19.9 Å². The minimum Gasteiger partial charge on any atom is -0.277 e. The van der Waals surface area contributed by atoms with Crippen molar-refractivity contribution in [1.29, 1.82) is 0 Å². The zero-order valence-electron chi connectivity index (χ0n) is 11.8. The smallest absolute Gasteiger partial charge is 0.247 e. The Morgan fingerprint density at radius 1 is 1.21 bits per heavy atom. The number of hydrogen-bond acceptors (Lipinski definition) is 5. The van der Waals surface area contributed by atoms with Gasteiger partial charge in [-0.05, 0) is 6.92 Å². The van der Waals surface area contributed by atoms with Crippen LogP contribution in [0.4, 0.5) is 0 Å². The van der Waals surface area contributed by atoms with Crippen molar-refractivity contribution in [3.63, 3.8) is 0 Å². The van der Waals surface area contributed by atoms with Crippen LogP contribution in [0, 0.1) is 11.8 Å². The summed E-state index contributed by atoms with van der Waals surface area (Å²) < 4.78 is 23.7. The van der Waals surface area contributed by atoms with Crippen LogP contribution in [-0.4, -0.2) is 44.6 Å². The third-order valence-electron chi connectivity index (χ3n) is 2.83. The lowest BCUT2D eigenvalue weighted by atomic mass is 9.95. The van der Waals surface area contributed by atoms with E-state index in [4.69, 9.17) is 0 Å². The number of hydrazine groups is 1. The minimum atomic E-state index is -3.51. The number of nitrogens with one attached hydrogen (secondary N) is 2. The van der Waals surface area contributed by atoms with Crippen LogP contribution < -0.4 is 10.9 Å². The van der Waals surface area contributed by atoms with Gasteiger partial charge in [-0.1, -0.05) is 13.8 Å². The molecule has 0 fully saturated rings. The van der Waals surface area contributed by atoms with Gasteiger partial charge < -0.3 is 0 Å². The molecular weight excluding hydrogens is 274 g/mol. The fourth-order valence-corrected chi connectivity index (χ4v) is 1.78. The Balaban J connectivity index is 4.63. The van der Waals surface area contributed by atoms with E-state index in [1.54, 1.807) is 6.92 Å². The molecule has 8 nitrogen and oxygen atoms in total. The van der Waals surface area contributed by atoms with Gasteiger partial charge in [0, 0.05) is 18.9 Å². The highest BCUT2D eigenvalue weighted by Gasteiger charge is 2.28. The van der Waals surface area contributed by atoms with Crippen molar-refractivity contribution in [3.8, 4) is 0 Å². The molecular formula is C10H21N3O5S. The van der Waals surface area contributed by atoms with E-state index in [0.717, 1.165) is 4.41 Å². The Hall–Kier alpha value is -1.19. The number of amides is 2. The molecule has 0 aromatic rings. The van der Waals surface area contributed by atoms with Crippen molar-refractivity contribution in [3.05, 3.63) is 0 Å². The Kier molecular flexibility index (Phi) is 6.95. The molecule has 112 valence electrons. The predicted molar refractivity (Wildman–Crippen MR) is 68.8 cm³/mol. The summed E-state index contributed by atoms with van der Waals surface area (Å²) in [6.45, 7) is 4.55. The topological polar surface area (TPSA) is 105 Å². The van der Waals surface area contributed by atoms with Crippen LogP contribution in [0.15, 0.2) is 0 Å². The Bertz CT molecular complexity index is 423. The molecule has 0 heterocycles. The molecule has 2 atom stereocenters. The molecule has 0 spiro atoms. The third-order valence-corrected chi connectivity index (χ3v) is 4.48. The van der Waals surface area contributed by atoms with Crippen LogP contribution in [0.25, 0.3) is 0 Å². The average Bonchev–Trinajstić information content (AvgIpc) is 2.36. The first kappa shape index (κ1) is 17.8. The molecule has 19 heavy (non-hydrogen) atoms. The first-order valence-electron chi connectivity index (χ1n) is 5.77. The molecule has 0 aromatic carbocycles. The maximum Gasteiger partial charge on any atom is 0.247 e. The highest BCUT2D eigenvalue weighted by molar-refractivity contribution is 7.89. The van der Waals surface area contributed by atoms with E-state index in [-0.39, 0.29) is 5.75 Å². The molecule has 2 amide bonds. The monoisotopic (exact) mass is 295 g/mol. The Labute approximate surface area is 113 Å². The van der Waals surface area contributed by atoms with Gasteiger partial charge in [-0.25, -0.2) is 13.9 Å². The number of rotatable bonds is 7. The molecule has 0 bridgehead atoms. The summed E-state index contributed by atoms with van der Waals surface area (Å²) in [4.78, 5) is 27.8. The standard InChI is InChI=1S/C10H21N3O5S/c1-6-19(16,17)13(4)11-9(14)7(2)8(3)10(15)12-18-5/h7-8H,6H2,1-5H3,(H,11,14)(H,12,15)/t7-,8+/m1/s1. The van der Waals surface area contributed by atoms with Gasteiger partial charge in [0.2, 0.25) is 21.8 Å². The van der Waals surface area contributed by atoms with E-state index in [9.17, 15) is 18.0 Å².